The molecule has 3 nitrogen and oxygen atoms in total. The molecule has 0 aliphatic carbocycles. The van der Waals surface area contributed by atoms with Crippen molar-refractivity contribution in [3.63, 3.8) is 0 Å². The van der Waals surface area contributed by atoms with Crippen LogP contribution in [0.1, 0.15) is 21.5 Å². The van der Waals surface area contributed by atoms with Gasteiger partial charge in [0.2, 0.25) is 0 Å². The van der Waals surface area contributed by atoms with E-state index < -0.39 is 0 Å². The molecular formula is C15H15BrN2O. The van der Waals surface area contributed by atoms with Gasteiger partial charge in [0.25, 0.3) is 5.91 Å². The highest BCUT2D eigenvalue weighted by Crippen LogP contribution is 2.25. The number of rotatable bonds is 2. The number of benzene rings is 2. The van der Waals surface area contributed by atoms with E-state index in [4.69, 9.17) is 5.73 Å². The van der Waals surface area contributed by atoms with Crippen molar-refractivity contribution in [2.24, 2.45) is 0 Å². The van der Waals surface area contributed by atoms with Crippen LogP contribution in [0.4, 0.5) is 11.4 Å². The summed E-state index contributed by atoms with van der Waals surface area (Å²) in [5.41, 5.74) is 9.75. The predicted molar refractivity (Wildman–Crippen MR) is 82.4 cm³/mol. The third-order valence-electron chi connectivity index (χ3n) is 2.91. The molecular weight excluding hydrogens is 304 g/mol. The molecule has 2 aromatic carbocycles. The Morgan fingerprint density at radius 2 is 1.63 bits per heavy atom. The second-order valence-corrected chi connectivity index (χ2v) is 5.41. The standard InChI is InChI=1S/C15H15BrN2O/c1-9-7-12(16)8-10(2)14(9)18-15(19)11-3-5-13(17)6-4-11/h3-8H,17H2,1-2H3,(H,18,19). The van der Waals surface area contributed by atoms with Gasteiger partial charge in [0.1, 0.15) is 0 Å². The SMILES string of the molecule is Cc1cc(Br)cc(C)c1NC(=O)c1ccc(N)cc1. The number of anilines is 2. The normalized spacial score (nSPS) is 10.3. The van der Waals surface area contributed by atoms with Gasteiger partial charge in [-0.05, 0) is 61.4 Å². The van der Waals surface area contributed by atoms with Crippen LogP contribution in [0.2, 0.25) is 0 Å². The van der Waals surface area contributed by atoms with Crippen LogP contribution in [0.3, 0.4) is 0 Å². The number of nitrogens with one attached hydrogen (secondary N) is 1. The molecule has 3 N–H and O–H groups in total. The first-order valence-corrected chi connectivity index (χ1v) is 6.70. The van der Waals surface area contributed by atoms with Crippen molar-refractivity contribution in [2.75, 3.05) is 11.1 Å². The minimum absolute atomic E-state index is 0.131. The van der Waals surface area contributed by atoms with Gasteiger partial charge in [0.15, 0.2) is 0 Å². The van der Waals surface area contributed by atoms with Gasteiger partial charge in [-0.2, -0.15) is 0 Å². The second kappa shape index (κ2) is 5.45. The zero-order chi connectivity index (χ0) is 14.0. The second-order valence-electron chi connectivity index (χ2n) is 4.49. The van der Waals surface area contributed by atoms with Crippen molar-refractivity contribution in [3.8, 4) is 0 Å². The molecule has 0 heterocycles. The summed E-state index contributed by atoms with van der Waals surface area (Å²) in [6.45, 7) is 3.94. The van der Waals surface area contributed by atoms with Crippen molar-refractivity contribution in [1.82, 2.24) is 0 Å². The Morgan fingerprint density at radius 1 is 1.11 bits per heavy atom. The van der Waals surface area contributed by atoms with Crippen LogP contribution in [0.5, 0.6) is 0 Å². The molecule has 0 bridgehead atoms. The predicted octanol–water partition coefficient (Wildman–Crippen LogP) is 3.90. The lowest BCUT2D eigenvalue weighted by Crippen LogP contribution is -2.13. The molecule has 0 unspecified atom stereocenters. The lowest BCUT2D eigenvalue weighted by Gasteiger charge is -2.12. The van der Waals surface area contributed by atoms with Crippen molar-refractivity contribution in [2.45, 2.75) is 13.8 Å². The molecule has 2 aromatic rings. The summed E-state index contributed by atoms with van der Waals surface area (Å²) in [5.74, 6) is -0.131. The summed E-state index contributed by atoms with van der Waals surface area (Å²) in [4.78, 5) is 12.2. The van der Waals surface area contributed by atoms with Gasteiger partial charge in [-0.3, -0.25) is 4.79 Å². The Labute approximate surface area is 121 Å². The summed E-state index contributed by atoms with van der Waals surface area (Å²) >= 11 is 3.44. The molecule has 1 amide bonds. The van der Waals surface area contributed by atoms with Crippen LogP contribution in [0.15, 0.2) is 40.9 Å². The molecule has 2 rings (SSSR count). The Morgan fingerprint density at radius 3 is 2.16 bits per heavy atom. The molecule has 98 valence electrons. The van der Waals surface area contributed by atoms with Crippen LogP contribution >= 0.6 is 15.9 Å². The van der Waals surface area contributed by atoms with E-state index in [0.717, 1.165) is 21.3 Å². The fourth-order valence-corrected chi connectivity index (χ4v) is 2.61. The van der Waals surface area contributed by atoms with E-state index in [2.05, 4.69) is 21.2 Å². The molecule has 4 heteroatoms. The van der Waals surface area contributed by atoms with E-state index in [-0.39, 0.29) is 5.91 Å². The van der Waals surface area contributed by atoms with Gasteiger partial charge in [-0.15, -0.1) is 0 Å². The first-order valence-electron chi connectivity index (χ1n) is 5.91. The van der Waals surface area contributed by atoms with Crippen LogP contribution in [0, 0.1) is 13.8 Å². The third kappa shape index (κ3) is 3.15. The molecule has 0 radical (unpaired) electrons. The third-order valence-corrected chi connectivity index (χ3v) is 3.37. The minimum atomic E-state index is -0.131. The van der Waals surface area contributed by atoms with E-state index >= 15 is 0 Å². The smallest absolute Gasteiger partial charge is 0.255 e. The van der Waals surface area contributed by atoms with Gasteiger partial charge in [-0.25, -0.2) is 0 Å². The van der Waals surface area contributed by atoms with E-state index in [0.29, 0.717) is 11.3 Å². The zero-order valence-corrected chi connectivity index (χ0v) is 12.4. The summed E-state index contributed by atoms with van der Waals surface area (Å²) in [6, 6.07) is 10.8. The number of halogens is 1. The van der Waals surface area contributed by atoms with Crippen LogP contribution < -0.4 is 11.1 Å². The maximum absolute atomic E-state index is 12.2. The fraction of sp³-hybridized carbons (Fsp3) is 0.133. The zero-order valence-electron chi connectivity index (χ0n) is 10.8. The minimum Gasteiger partial charge on any atom is -0.399 e. The van der Waals surface area contributed by atoms with Gasteiger partial charge in [0.05, 0.1) is 0 Å². The average molecular weight is 319 g/mol. The quantitative estimate of drug-likeness (QED) is 0.825. The summed E-state index contributed by atoms with van der Waals surface area (Å²) in [6.07, 6.45) is 0. The number of hydrogen-bond acceptors (Lipinski definition) is 2. The number of amides is 1. The number of carbonyl (C=O) groups excluding carboxylic acids is 1. The Kier molecular flexibility index (Phi) is 3.90. The lowest BCUT2D eigenvalue weighted by molar-refractivity contribution is 0.102. The highest BCUT2D eigenvalue weighted by Gasteiger charge is 2.10. The maximum atomic E-state index is 12.2. The first-order chi connectivity index (χ1) is 8.97. The average Bonchev–Trinajstić information content (AvgIpc) is 2.34. The summed E-state index contributed by atoms with van der Waals surface area (Å²) < 4.78 is 1.01. The van der Waals surface area contributed by atoms with Gasteiger partial charge in [0, 0.05) is 21.4 Å². The molecule has 0 aromatic heterocycles. The van der Waals surface area contributed by atoms with E-state index in [1.165, 1.54) is 0 Å². The number of aryl methyl sites for hydroxylation is 2. The molecule has 0 aliphatic rings. The Balaban J connectivity index is 2.26. The molecule has 0 fully saturated rings. The molecule has 0 spiro atoms. The van der Waals surface area contributed by atoms with Gasteiger partial charge >= 0.3 is 0 Å². The van der Waals surface area contributed by atoms with Crippen molar-refractivity contribution >= 4 is 33.2 Å². The molecule has 0 aliphatic heterocycles. The maximum Gasteiger partial charge on any atom is 0.255 e. The van der Waals surface area contributed by atoms with Crippen molar-refractivity contribution in [1.29, 1.82) is 0 Å². The van der Waals surface area contributed by atoms with E-state index in [1.54, 1.807) is 24.3 Å². The van der Waals surface area contributed by atoms with Crippen molar-refractivity contribution < 1.29 is 4.79 Å². The van der Waals surface area contributed by atoms with Crippen LogP contribution in [-0.4, -0.2) is 5.91 Å². The summed E-state index contributed by atoms with van der Waals surface area (Å²) in [5, 5.41) is 2.94. The van der Waals surface area contributed by atoms with Crippen LogP contribution in [-0.2, 0) is 0 Å². The molecule has 0 saturated heterocycles. The highest BCUT2D eigenvalue weighted by molar-refractivity contribution is 9.10. The highest BCUT2D eigenvalue weighted by atomic mass is 79.9. The van der Waals surface area contributed by atoms with E-state index in [9.17, 15) is 4.79 Å². The topological polar surface area (TPSA) is 55.1 Å². The number of carbonyl (C=O) groups is 1. The van der Waals surface area contributed by atoms with Gasteiger partial charge < -0.3 is 11.1 Å². The monoisotopic (exact) mass is 318 g/mol. The number of nitrogens with two attached hydrogens (primary N) is 1. The molecule has 0 saturated carbocycles. The number of nitrogen functional groups attached to an aromatic ring is 1. The first kappa shape index (κ1) is 13.6. The number of hydrogen-bond donors (Lipinski definition) is 2. The Bertz CT molecular complexity index is 598. The fourth-order valence-electron chi connectivity index (χ4n) is 1.93. The van der Waals surface area contributed by atoms with Crippen molar-refractivity contribution in [3.05, 3.63) is 57.6 Å². The largest absolute Gasteiger partial charge is 0.399 e. The molecule has 0 atom stereocenters. The lowest BCUT2D eigenvalue weighted by atomic mass is 10.1. The van der Waals surface area contributed by atoms with Crippen LogP contribution in [0.25, 0.3) is 0 Å². The Hall–Kier alpha value is -1.81. The molecule has 19 heavy (non-hydrogen) atoms. The summed E-state index contributed by atoms with van der Waals surface area (Å²) in [7, 11) is 0. The van der Waals surface area contributed by atoms with E-state index in [1.807, 2.05) is 26.0 Å². The van der Waals surface area contributed by atoms with Gasteiger partial charge in [-0.1, -0.05) is 15.9 Å².